The van der Waals surface area contributed by atoms with Crippen molar-refractivity contribution in [1.29, 1.82) is 0 Å². The van der Waals surface area contributed by atoms with Crippen molar-refractivity contribution in [3.05, 3.63) is 203 Å². The van der Waals surface area contributed by atoms with Crippen molar-refractivity contribution in [3.63, 3.8) is 0 Å². The first-order valence-electron chi connectivity index (χ1n) is 17.7. The average Bonchev–Trinajstić information content (AvgIpc) is 3.23. The molecule has 0 aliphatic heterocycles. The number of fused-ring (bicyclic) bond motifs is 1. The van der Waals surface area contributed by atoms with Crippen LogP contribution in [0, 0.1) is 10.2 Å². The summed E-state index contributed by atoms with van der Waals surface area (Å²) < 4.78 is 39.5. The van der Waals surface area contributed by atoms with Crippen molar-refractivity contribution in [2.45, 2.75) is 19.6 Å². The van der Waals surface area contributed by atoms with Crippen molar-refractivity contribution in [3.8, 4) is 39.6 Å². The summed E-state index contributed by atoms with van der Waals surface area (Å²) in [7, 11) is -4.94. The van der Waals surface area contributed by atoms with Crippen LogP contribution >= 0.6 is 0 Å². The summed E-state index contributed by atoms with van der Waals surface area (Å²) in [6, 6.07) is 54.8. The zero-order chi connectivity index (χ0) is 40.0. The minimum Gasteiger partial charge on any atom is -0.867 e. The zero-order valence-electron chi connectivity index (χ0n) is 31.1. The number of hydrogen-bond acceptors (Lipinski definition) is 11. The Morgan fingerprint density at radius 1 is 0.517 bits per heavy atom. The minimum absolute atomic E-state index is 0. The van der Waals surface area contributed by atoms with Crippen LogP contribution in [-0.2, 0) is 46.9 Å². The number of para-hydroxylation sites is 1. The summed E-state index contributed by atoms with van der Waals surface area (Å²) in [6.07, 6.45) is 1.84. The fourth-order valence-corrected chi connectivity index (χ4v) is 5.93. The molecule has 0 saturated heterocycles. The Morgan fingerprint density at radius 3 is 1.45 bits per heavy atom. The number of aromatic nitrogens is 3. The van der Waals surface area contributed by atoms with Gasteiger partial charge in [-0.15, -0.1) is 10.2 Å². The first-order valence-corrected chi connectivity index (χ1v) is 18.9. The Balaban J connectivity index is 0.000000223. The molecule has 0 radical (unpaired) electrons. The SMILES string of the molecule is O=c1c([O-])c(-c2ccccc2)oc2ccccc12.[Cd+2].[O-][Cl+3]([O-])([O-])[O-].c1ccc(-c2cccc(CN(Cc3ccccn3)Cc3cccc(-c4ccccc4)n3)n2)cc1. The van der Waals surface area contributed by atoms with Gasteiger partial charge >= 0.3 is 27.3 Å². The Labute approximate surface area is 357 Å². The van der Waals surface area contributed by atoms with Crippen LogP contribution in [0.3, 0.4) is 0 Å². The van der Waals surface area contributed by atoms with Crippen LogP contribution in [0.5, 0.6) is 5.75 Å². The molecule has 286 valence electrons. The van der Waals surface area contributed by atoms with Crippen LogP contribution in [0.1, 0.15) is 17.1 Å². The van der Waals surface area contributed by atoms with Crippen molar-refractivity contribution in [2.75, 3.05) is 0 Å². The predicted octanol–water partition coefficient (Wildman–Crippen LogP) is 4.18. The van der Waals surface area contributed by atoms with E-state index in [1.54, 1.807) is 48.5 Å². The molecule has 4 aromatic carbocycles. The van der Waals surface area contributed by atoms with Crippen LogP contribution in [0.2, 0.25) is 0 Å². The van der Waals surface area contributed by atoms with E-state index in [2.05, 4.69) is 76.6 Å². The van der Waals surface area contributed by atoms with E-state index < -0.39 is 21.4 Å². The molecule has 8 rings (SSSR count). The molecule has 0 atom stereocenters. The van der Waals surface area contributed by atoms with Gasteiger partial charge in [-0.3, -0.25) is 24.6 Å². The quantitative estimate of drug-likeness (QED) is 0.189. The van der Waals surface area contributed by atoms with Crippen LogP contribution < -0.4 is 29.2 Å². The summed E-state index contributed by atoms with van der Waals surface area (Å²) >= 11 is 0. The van der Waals surface area contributed by atoms with Crippen LogP contribution in [0.25, 0.3) is 44.8 Å². The third kappa shape index (κ3) is 12.9. The summed E-state index contributed by atoms with van der Waals surface area (Å²) in [5.41, 5.74) is 7.83. The second-order valence-corrected chi connectivity index (χ2v) is 13.3. The molecule has 0 amide bonds. The minimum atomic E-state index is -4.94. The van der Waals surface area contributed by atoms with Crippen LogP contribution in [0.15, 0.2) is 185 Å². The molecule has 0 saturated carbocycles. The van der Waals surface area contributed by atoms with Gasteiger partial charge in [-0.05, 0) is 54.3 Å². The molecule has 11 nitrogen and oxygen atoms in total. The molecule has 58 heavy (non-hydrogen) atoms. The standard InChI is InChI=1S/C30H26N4.C15H10O3.Cd.ClHO4/c1-3-11-24(12-4-1)29-18-9-16-27(32-29)22-34(21-26-15-7-8-20-31-26)23-28-17-10-19-30(33-28)25-13-5-2-6-14-25;16-13-11-8-4-5-9-12(11)18-15(14(13)17)10-6-2-1-3-7-10;;2-1(3,4)5/h1-20H,21-23H2;1-9,17H;;(H,2,3,4,5)/q;;+2;/p-2. The number of benzene rings is 4. The van der Waals surface area contributed by atoms with Gasteiger partial charge in [0.2, 0.25) is 0 Å². The second-order valence-electron chi connectivity index (χ2n) is 12.6. The van der Waals surface area contributed by atoms with E-state index in [0.29, 0.717) is 29.6 Å². The van der Waals surface area contributed by atoms with Crippen molar-refractivity contribution in [1.82, 2.24) is 19.9 Å². The third-order valence-electron chi connectivity index (χ3n) is 8.43. The Morgan fingerprint density at radius 2 is 0.948 bits per heavy atom. The monoisotopic (exact) mass is 892 g/mol. The molecule has 0 fully saturated rings. The first kappa shape index (κ1) is 43.5. The molecule has 0 aliphatic carbocycles. The Kier molecular flexibility index (Phi) is 15.9. The molecular weight excluding hydrogens is 856 g/mol. The van der Waals surface area contributed by atoms with Crippen LogP contribution in [-0.4, -0.2) is 19.9 Å². The van der Waals surface area contributed by atoms with Crippen molar-refractivity contribution < 1.29 is 65.7 Å². The Bertz CT molecular complexity index is 2460. The normalized spacial score (nSPS) is 10.8. The molecule has 8 aromatic rings. The number of hydrogen-bond donors (Lipinski definition) is 0. The molecule has 0 bridgehead atoms. The van der Waals surface area contributed by atoms with Crippen molar-refractivity contribution >= 4 is 11.0 Å². The predicted molar refractivity (Wildman–Crippen MR) is 204 cm³/mol. The summed E-state index contributed by atoms with van der Waals surface area (Å²) in [5.74, 6) is -0.501. The van der Waals surface area contributed by atoms with Gasteiger partial charge in [0.25, 0.3) is 0 Å². The van der Waals surface area contributed by atoms with Gasteiger partial charge in [0.05, 0.1) is 33.9 Å². The van der Waals surface area contributed by atoms with E-state index in [9.17, 15) is 9.90 Å². The number of pyridine rings is 3. The second kappa shape index (κ2) is 21.2. The third-order valence-corrected chi connectivity index (χ3v) is 8.43. The fraction of sp³-hybridized carbons (Fsp3) is 0.0667. The van der Waals surface area contributed by atoms with Gasteiger partial charge in [0.15, 0.2) is 5.43 Å². The summed E-state index contributed by atoms with van der Waals surface area (Å²) in [4.78, 5) is 28.7. The molecule has 4 aromatic heterocycles. The summed E-state index contributed by atoms with van der Waals surface area (Å²) in [5, 5.41) is 12.3. The average molecular weight is 892 g/mol. The van der Waals surface area contributed by atoms with Crippen molar-refractivity contribution in [2.24, 2.45) is 0 Å². The van der Waals surface area contributed by atoms with E-state index in [-0.39, 0.29) is 33.1 Å². The largest absolute Gasteiger partial charge is 2.00 e. The van der Waals surface area contributed by atoms with Gasteiger partial charge in [-0.1, -0.05) is 121 Å². The number of nitrogens with zero attached hydrogens (tertiary/aromatic N) is 4. The number of halogens is 1. The molecule has 13 heteroatoms. The van der Waals surface area contributed by atoms with Gasteiger partial charge in [-0.2, -0.15) is 0 Å². The maximum absolute atomic E-state index is 12.0. The summed E-state index contributed by atoms with van der Waals surface area (Å²) in [6.45, 7) is 2.12. The van der Waals surface area contributed by atoms with E-state index in [1.807, 2.05) is 60.8 Å². The molecule has 4 heterocycles. The maximum Gasteiger partial charge on any atom is 2.00 e. The molecular formula is C45H35CdClN4O7. The maximum atomic E-state index is 12.0. The molecule has 0 unspecified atom stereocenters. The van der Waals surface area contributed by atoms with E-state index in [4.69, 9.17) is 33.0 Å². The first-order chi connectivity index (χ1) is 27.6. The smallest absolute Gasteiger partial charge is 0.867 e. The van der Waals surface area contributed by atoms with E-state index in [1.165, 1.54) is 0 Å². The van der Waals surface area contributed by atoms with Gasteiger partial charge in [0.1, 0.15) is 11.3 Å². The molecule has 0 N–H and O–H groups in total. The number of rotatable bonds is 9. The van der Waals surface area contributed by atoms with Crippen LogP contribution in [0.4, 0.5) is 0 Å². The zero-order valence-corrected chi connectivity index (χ0v) is 35.9. The Hall–Kier alpha value is -5.65. The van der Waals surface area contributed by atoms with Gasteiger partial charge in [0, 0.05) is 42.5 Å². The topological polar surface area (TPSA) is 187 Å². The molecule has 0 spiro atoms. The van der Waals surface area contributed by atoms with Gasteiger partial charge in [-0.25, -0.2) is 18.6 Å². The molecule has 0 aliphatic rings. The van der Waals surface area contributed by atoms with E-state index >= 15 is 0 Å². The fourth-order valence-electron chi connectivity index (χ4n) is 5.93. The van der Waals surface area contributed by atoms with Gasteiger partial charge < -0.3 is 9.52 Å². The van der Waals surface area contributed by atoms with E-state index in [0.717, 1.165) is 46.1 Å².